The summed E-state index contributed by atoms with van der Waals surface area (Å²) >= 11 is 19.5. The van der Waals surface area contributed by atoms with Crippen LogP contribution in [0.2, 0.25) is 15.1 Å². The number of ether oxygens (including phenoxy) is 2. The van der Waals surface area contributed by atoms with Crippen molar-refractivity contribution in [1.82, 2.24) is 15.4 Å². The minimum absolute atomic E-state index is 0.202. The molecular formula is C30H20Cl3N3O4. The maximum absolute atomic E-state index is 12.2. The lowest BCUT2D eigenvalue weighted by Gasteiger charge is -2.10. The smallest absolute Gasteiger partial charge is 0.338 e. The van der Waals surface area contributed by atoms with E-state index in [4.69, 9.17) is 48.8 Å². The van der Waals surface area contributed by atoms with E-state index in [1.54, 1.807) is 48.7 Å². The van der Waals surface area contributed by atoms with Crippen LogP contribution < -0.4 is 4.74 Å². The van der Waals surface area contributed by atoms with Crippen molar-refractivity contribution >= 4 is 51.7 Å². The summed E-state index contributed by atoms with van der Waals surface area (Å²) in [5, 5.41) is 13.2. The van der Waals surface area contributed by atoms with Crippen molar-refractivity contribution < 1.29 is 18.8 Å². The van der Waals surface area contributed by atoms with Crippen LogP contribution in [0.3, 0.4) is 0 Å². The lowest BCUT2D eigenvalue weighted by Crippen LogP contribution is -2.02. The molecular weight excluding hydrogens is 573 g/mol. The summed E-state index contributed by atoms with van der Waals surface area (Å²) in [6.45, 7) is 0.202. The first-order valence-electron chi connectivity index (χ1n) is 12.4. The number of aromatic nitrogens is 3. The van der Waals surface area contributed by atoms with Gasteiger partial charge in [0.2, 0.25) is 0 Å². The molecule has 200 valence electrons. The molecule has 3 aromatic carbocycles. The largest absolute Gasteiger partial charge is 0.489 e. The number of H-pyrrole nitrogens is 1. The van der Waals surface area contributed by atoms with Crippen LogP contribution in [0.4, 0.5) is 0 Å². The zero-order chi connectivity index (χ0) is 27.8. The fourth-order valence-corrected chi connectivity index (χ4v) is 5.23. The molecule has 2 aromatic heterocycles. The lowest BCUT2D eigenvalue weighted by molar-refractivity contribution is 0.0603. The Bertz CT molecular complexity index is 1810. The van der Waals surface area contributed by atoms with Gasteiger partial charge in [0.25, 0.3) is 0 Å². The molecule has 0 spiro atoms. The maximum atomic E-state index is 12.2. The zero-order valence-electron chi connectivity index (χ0n) is 21.1. The number of hydrogen-bond acceptors (Lipinski definition) is 6. The van der Waals surface area contributed by atoms with Crippen molar-refractivity contribution in [3.63, 3.8) is 0 Å². The normalized spacial score (nSPS) is 12.7. The highest BCUT2D eigenvalue weighted by Gasteiger charge is 2.33. The average molecular weight is 593 g/mol. The standard InChI is InChI=1S/C30H20Cl3N3O4/c1-38-30(37)20-11-16(12-26-21(20)14-34-35-26)5-6-17-9-10-19(13-25(17)33)39-15-22-28(36-40-29(22)18-7-8-18)27-23(31)3-2-4-24(27)32/h2-4,9-14,18H,7-8,15H2,1H3,(H,34,35). The van der Waals surface area contributed by atoms with Gasteiger partial charge in [-0.05, 0) is 49.2 Å². The number of esters is 1. The van der Waals surface area contributed by atoms with E-state index in [0.29, 0.717) is 65.6 Å². The number of methoxy groups -OCH3 is 1. The van der Waals surface area contributed by atoms with Gasteiger partial charge < -0.3 is 14.0 Å². The molecule has 1 saturated carbocycles. The number of hydrogen-bond donors (Lipinski definition) is 1. The Hall–Kier alpha value is -3.96. The van der Waals surface area contributed by atoms with E-state index in [9.17, 15) is 4.79 Å². The predicted octanol–water partition coefficient (Wildman–Crippen LogP) is 7.82. The molecule has 6 rings (SSSR count). The molecule has 1 aliphatic carbocycles. The van der Waals surface area contributed by atoms with Crippen molar-refractivity contribution in [2.45, 2.75) is 25.4 Å². The molecule has 0 aliphatic heterocycles. The second-order valence-corrected chi connectivity index (χ2v) is 10.5. The Morgan fingerprint density at radius 1 is 1.07 bits per heavy atom. The summed E-state index contributed by atoms with van der Waals surface area (Å²) in [7, 11) is 1.33. The Morgan fingerprint density at radius 2 is 1.88 bits per heavy atom. The van der Waals surface area contributed by atoms with Crippen LogP contribution in [0.15, 0.2) is 59.3 Å². The summed E-state index contributed by atoms with van der Waals surface area (Å²) in [5.41, 5.74) is 4.28. The molecule has 10 heteroatoms. The third-order valence-electron chi connectivity index (χ3n) is 6.60. The summed E-state index contributed by atoms with van der Waals surface area (Å²) in [5.74, 6) is 7.32. The van der Waals surface area contributed by atoms with Crippen LogP contribution in [0, 0.1) is 11.8 Å². The molecule has 40 heavy (non-hydrogen) atoms. The van der Waals surface area contributed by atoms with Crippen molar-refractivity contribution in [3.8, 4) is 28.8 Å². The van der Waals surface area contributed by atoms with Gasteiger partial charge in [0.05, 0.1) is 45.0 Å². The van der Waals surface area contributed by atoms with Crippen LogP contribution in [0.5, 0.6) is 5.75 Å². The maximum Gasteiger partial charge on any atom is 0.338 e. The van der Waals surface area contributed by atoms with E-state index in [0.717, 1.165) is 24.2 Å². The van der Waals surface area contributed by atoms with Gasteiger partial charge in [0.1, 0.15) is 23.8 Å². The second-order valence-electron chi connectivity index (χ2n) is 9.27. The first kappa shape index (κ1) is 26.3. The molecule has 2 heterocycles. The van der Waals surface area contributed by atoms with Gasteiger partial charge in [-0.3, -0.25) is 5.10 Å². The van der Waals surface area contributed by atoms with Gasteiger partial charge in [-0.15, -0.1) is 0 Å². The van der Waals surface area contributed by atoms with E-state index in [1.807, 2.05) is 6.07 Å². The monoisotopic (exact) mass is 591 g/mol. The van der Waals surface area contributed by atoms with Crippen molar-refractivity contribution in [1.29, 1.82) is 0 Å². The SMILES string of the molecule is COC(=O)c1cc(C#Cc2ccc(OCc3c(-c4c(Cl)cccc4Cl)noc3C3CC3)cc2Cl)cc2[nH]ncc12. The van der Waals surface area contributed by atoms with Gasteiger partial charge >= 0.3 is 5.97 Å². The van der Waals surface area contributed by atoms with Gasteiger partial charge in [-0.25, -0.2) is 4.79 Å². The topological polar surface area (TPSA) is 90.2 Å². The Kier molecular flexibility index (Phi) is 7.16. The number of nitrogens with zero attached hydrogens (tertiary/aromatic N) is 2. The van der Waals surface area contributed by atoms with E-state index >= 15 is 0 Å². The van der Waals surface area contributed by atoms with Gasteiger partial charge in [-0.1, -0.05) is 57.9 Å². The van der Waals surface area contributed by atoms with Crippen LogP contribution in [-0.4, -0.2) is 28.4 Å². The molecule has 0 atom stereocenters. The number of fused-ring (bicyclic) bond motifs is 1. The second kappa shape index (κ2) is 10.9. The third-order valence-corrected chi connectivity index (χ3v) is 7.54. The summed E-state index contributed by atoms with van der Waals surface area (Å²) in [6, 6.07) is 14.1. The van der Waals surface area contributed by atoms with Crippen LogP contribution in [-0.2, 0) is 11.3 Å². The number of carbonyl (C=O) groups excluding carboxylic acids is 1. The first-order chi connectivity index (χ1) is 19.4. The van der Waals surface area contributed by atoms with Gasteiger partial charge in [0.15, 0.2) is 0 Å². The molecule has 0 bridgehead atoms. The lowest BCUT2D eigenvalue weighted by atomic mass is 10.0. The zero-order valence-corrected chi connectivity index (χ0v) is 23.3. The van der Waals surface area contributed by atoms with Crippen molar-refractivity contribution in [2.75, 3.05) is 7.11 Å². The average Bonchev–Trinajstić information content (AvgIpc) is 3.53. The fourth-order valence-electron chi connectivity index (χ4n) is 4.43. The Balaban J connectivity index is 1.25. The van der Waals surface area contributed by atoms with E-state index in [2.05, 4.69) is 27.2 Å². The minimum atomic E-state index is -0.466. The van der Waals surface area contributed by atoms with Crippen LogP contribution in [0.1, 0.15) is 51.6 Å². The molecule has 7 nitrogen and oxygen atoms in total. The predicted molar refractivity (Wildman–Crippen MR) is 153 cm³/mol. The van der Waals surface area contributed by atoms with Gasteiger partial charge in [-0.2, -0.15) is 5.10 Å². The summed E-state index contributed by atoms with van der Waals surface area (Å²) in [6.07, 6.45) is 3.64. The van der Waals surface area contributed by atoms with Crippen LogP contribution in [0.25, 0.3) is 22.2 Å². The summed E-state index contributed by atoms with van der Waals surface area (Å²) < 4.78 is 16.7. The Morgan fingerprint density at radius 3 is 2.60 bits per heavy atom. The number of benzene rings is 3. The summed E-state index contributed by atoms with van der Waals surface area (Å²) in [4.78, 5) is 12.2. The molecule has 1 aliphatic rings. The minimum Gasteiger partial charge on any atom is -0.489 e. The van der Waals surface area contributed by atoms with E-state index in [1.165, 1.54) is 7.11 Å². The highest BCUT2D eigenvalue weighted by molar-refractivity contribution is 6.39. The van der Waals surface area contributed by atoms with E-state index < -0.39 is 5.97 Å². The Labute approximate surface area is 244 Å². The number of nitrogens with one attached hydrogen (secondary N) is 1. The van der Waals surface area contributed by atoms with E-state index in [-0.39, 0.29) is 6.61 Å². The first-order valence-corrected chi connectivity index (χ1v) is 13.5. The molecule has 0 saturated heterocycles. The number of carbonyl (C=O) groups is 1. The molecule has 0 unspecified atom stereocenters. The highest BCUT2D eigenvalue weighted by atomic mass is 35.5. The van der Waals surface area contributed by atoms with Crippen molar-refractivity contribution in [3.05, 3.63) is 97.8 Å². The molecule has 0 amide bonds. The fraction of sp³-hybridized carbons (Fsp3) is 0.167. The highest BCUT2D eigenvalue weighted by Crippen LogP contribution is 2.46. The number of rotatable bonds is 6. The molecule has 5 aromatic rings. The number of aromatic amines is 1. The quantitative estimate of drug-likeness (QED) is 0.160. The number of halogens is 3. The van der Waals surface area contributed by atoms with Crippen LogP contribution >= 0.6 is 34.8 Å². The third kappa shape index (κ3) is 5.14. The molecule has 0 radical (unpaired) electrons. The molecule has 1 N–H and O–H groups in total. The molecule has 1 fully saturated rings. The van der Waals surface area contributed by atoms with Gasteiger partial charge in [0, 0.05) is 34.1 Å². The van der Waals surface area contributed by atoms with Crippen molar-refractivity contribution in [2.24, 2.45) is 0 Å².